The first-order valence-corrected chi connectivity index (χ1v) is 9.21. The molecule has 2 aromatic rings. The van der Waals surface area contributed by atoms with E-state index in [1.54, 1.807) is 5.38 Å². The first-order chi connectivity index (χ1) is 12.5. The molecule has 1 fully saturated rings. The van der Waals surface area contributed by atoms with E-state index in [4.69, 9.17) is 0 Å². The molecule has 8 heteroatoms. The molecule has 1 aliphatic carbocycles. The van der Waals surface area contributed by atoms with Gasteiger partial charge in [-0.25, -0.2) is 18.4 Å². The van der Waals surface area contributed by atoms with Crippen molar-refractivity contribution in [2.75, 3.05) is 10.6 Å². The van der Waals surface area contributed by atoms with Crippen LogP contribution in [0.5, 0.6) is 0 Å². The van der Waals surface area contributed by atoms with Crippen LogP contribution >= 0.6 is 11.3 Å². The topological polar surface area (TPSA) is 78.4 Å². The number of urea groups is 1. The Hall–Kier alpha value is -2.48. The van der Waals surface area contributed by atoms with Crippen LogP contribution < -0.4 is 10.6 Å². The third-order valence-corrected chi connectivity index (χ3v) is 5.40. The summed E-state index contributed by atoms with van der Waals surface area (Å²) in [7, 11) is 0. The van der Waals surface area contributed by atoms with Gasteiger partial charge in [-0.05, 0) is 41.8 Å². The Balaban J connectivity index is 1.76. The van der Waals surface area contributed by atoms with Crippen molar-refractivity contribution >= 4 is 34.0 Å². The van der Waals surface area contributed by atoms with Crippen LogP contribution in [-0.2, 0) is 0 Å². The van der Waals surface area contributed by atoms with Gasteiger partial charge in [-0.15, -0.1) is 11.3 Å². The number of amides is 2. The zero-order chi connectivity index (χ0) is 18.7. The Labute approximate surface area is 153 Å². The highest BCUT2D eigenvalue weighted by Gasteiger charge is 2.26. The number of aromatic carboxylic acids is 1. The fourth-order valence-electron chi connectivity index (χ4n) is 3.24. The molecule has 0 bridgehead atoms. The van der Waals surface area contributed by atoms with Crippen molar-refractivity contribution in [1.29, 1.82) is 0 Å². The Bertz CT molecular complexity index is 832. The van der Waals surface area contributed by atoms with Crippen LogP contribution in [-0.4, -0.2) is 17.1 Å². The third-order valence-electron chi connectivity index (χ3n) is 4.48. The predicted octanol–water partition coefficient (Wildman–Crippen LogP) is 5.42. The van der Waals surface area contributed by atoms with Crippen molar-refractivity contribution in [2.24, 2.45) is 0 Å². The van der Waals surface area contributed by atoms with Crippen LogP contribution in [0.4, 0.5) is 24.3 Å². The lowest BCUT2D eigenvalue weighted by Gasteiger charge is -2.21. The van der Waals surface area contributed by atoms with Crippen molar-refractivity contribution in [2.45, 2.75) is 38.0 Å². The second-order valence-electron chi connectivity index (χ2n) is 6.24. The molecule has 1 aromatic carbocycles. The van der Waals surface area contributed by atoms with Gasteiger partial charge in [0.25, 0.3) is 0 Å². The molecule has 5 nitrogen and oxygen atoms in total. The number of nitrogens with one attached hydrogen (secondary N) is 2. The molecule has 2 amide bonds. The number of carbonyl (C=O) groups excluding carboxylic acids is 1. The summed E-state index contributed by atoms with van der Waals surface area (Å²) in [5.41, 5.74) is 0.940. The monoisotopic (exact) mass is 380 g/mol. The van der Waals surface area contributed by atoms with Crippen molar-refractivity contribution < 1.29 is 23.5 Å². The zero-order valence-electron chi connectivity index (χ0n) is 13.9. The highest BCUT2D eigenvalue weighted by molar-refractivity contribution is 7.15. The summed E-state index contributed by atoms with van der Waals surface area (Å²) in [4.78, 5) is 23.8. The van der Waals surface area contributed by atoms with Crippen LogP contribution in [0.3, 0.4) is 0 Å². The van der Waals surface area contributed by atoms with E-state index in [1.165, 1.54) is 6.07 Å². The van der Waals surface area contributed by atoms with Gasteiger partial charge < -0.3 is 10.4 Å². The van der Waals surface area contributed by atoms with E-state index < -0.39 is 23.6 Å². The largest absolute Gasteiger partial charge is 0.478 e. The van der Waals surface area contributed by atoms with Gasteiger partial charge in [0.05, 0.1) is 5.56 Å². The maximum absolute atomic E-state index is 13.2. The highest BCUT2D eigenvalue weighted by atomic mass is 32.1. The molecule has 1 saturated carbocycles. The molecule has 1 heterocycles. The van der Waals surface area contributed by atoms with Crippen molar-refractivity contribution in [3.05, 3.63) is 46.3 Å². The van der Waals surface area contributed by atoms with E-state index >= 15 is 0 Å². The van der Waals surface area contributed by atoms with Crippen LogP contribution in [0.15, 0.2) is 23.6 Å². The van der Waals surface area contributed by atoms with E-state index in [0.717, 1.165) is 61.1 Å². The standard InChI is InChI=1S/C18H18F2N2O3S/c19-13-7-6-11(8-14(13)20)21-18(25)22-16-15(17(23)24)12(9-26-16)10-4-2-1-3-5-10/h6-10H,1-5H2,(H,23,24)(H2,21,22,25). The zero-order valence-corrected chi connectivity index (χ0v) is 14.7. The molecule has 3 N–H and O–H groups in total. The van der Waals surface area contributed by atoms with Gasteiger partial charge in [-0.2, -0.15) is 0 Å². The third kappa shape index (κ3) is 4.01. The lowest BCUT2D eigenvalue weighted by atomic mass is 9.83. The van der Waals surface area contributed by atoms with Crippen molar-refractivity contribution in [3.8, 4) is 0 Å². The average Bonchev–Trinajstić information content (AvgIpc) is 3.02. The molecule has 1 aliphatic rings. The molecule has 1 aromatic heterocycles. The number of halogens is 2. The minimum absolute atomic E-state index is 0.0716. The van der Waals surface area contributed by atoms with Crippen LogP contribution in [0.1, 0.15) is 53.9 Å². The molecule has 0 spiro atoms. The molecule has 138 valence electrons. The highest BCUT2D eigenvalue weighted by Crippen LogP contribution is 2.40. The van der Waals surface area contributed by atoms with Gasteiger partial charge in [-0.1, -0.05) is 19.3 Å². The van der Waals surface area contributed by atoms with Crippen LogP contribution in [0.2, 0.25) is 0 Å². The molecule has 0 atom stereocenters. The van der Waals surface area contributed by atoms with E-state index in [9.17, 15) is 23.5 Å². The number of carbonyl (C=O) groups is 2. The molecular weight excluding hydrogens is 362 g/mol. The van der Waals surface area contributed by atoms with Crippen molar-refractivity contribution in [1.82, 2.24) is 0 Å². The van der Waals surface area contributed by atoms with Gasteiger partial charge in [0.15, 0.2) is 11.6 Å². The number of hydrogen-bond acceptors (Lipinski definition) is 3. The molecule has 26 heavy (non-hydrogen) atoms. The van der Waals surface area contributed by atoms with E-state index in [-0.39, 0.29) is 22.2 Å². The number of carboxylic acid groups (broad SMARTS) is 1. The molecular formula is C18H18F2N2O3S. The number of benzene rings is 1. The average molecular weight is 380 g/mol. The van der Waals surface area contributed by atoms with Gasteiger partial charge in [0.1, 0.15) is 5.00 Å². The fraction of sp³-hybridized carbons (Fsp3) is 0.333. The summed E-state index contributed by atoms with van der Waals surface area (Å²) >= 11 is 1.16. The summed E-state index contributed by atoms with van der Waals surface area (Å²) < 4.78 is 26.2. The van der Waals surface area contributed by atoms with E-state index in [0.29, 0.717) is 0 Å². The van der Waals surface area contributed by atoms with E-state index in [1.807, 2.05) is 0 Å². The first kappa shape index (κ1) is 18.3. The number of carboxylic acids is 1. The summed E-state index contributed by atoms with van der Waals surface area (Å²) in [6, 6.07) is 2.27. The SMILES string of the molecule is O=C(Nc1ccc(F)c(F)c1)Nc1scc(C2CCCCC2)c1C(=O)O. The Morgan fingerprint density at radius 1 is 1.08 bits per heavy atom. The first-order valence-electron chi connectivity index (χ1n) is 8.33. The summed E-state index contributed by atoms with van der Waals surface area (Å²) in [5.74, 6) is -2.99. The second-order valence-corrected chi connectivity index (χ2v) is 7.12. The number of hydrogen-bond donors (Lipinski definition) is 3. The van der Waals surface area contributed by atoms with Gasteiger partial charge in [0, 0.05) is 11.8 Å². The lowest BCUT2D eigenvalue weighted by Crippen LogP contribution is -2.20. The van der Waals surface area contributed by atoms with Crippen molar-refractivity contribution in [3.63, 3.8) is 0 Å². The molecule has 0 radical (unpaired) electrons. The molecule has 0 aliphatic heterocycles. The van der Waals surface area contributed by atoms with Crippen LogP contribution in [0.25, 0.3) is 0 Å². The fourth-order valence-corrected chi connectivity index (χ4v) is 4.27. The Kier molecular flexibility index (Phi) is 5.51. The number of anilines is 2. The van der Waals surface area contributed by atoms with Gasteiger partial charge in [0.2, 0.25) is 0 Å². The summed E-state index contributed by atoms with van der Waals surface area (Å²) in [6.07, 6.45) is 5.18. The second kappa shape index (κ2) is 7.82. The van der Waals surface area contributed by atoms with Gasteiger partial charge >= 0.3 is 12.0 Å². The number of thiophene rings is 1. The molecule has 0 unspecified atom stereocenters. The van der Waals surface area contributed by atoms with Crippen LogP contribution in [0, 0.1) is 11.6 Å². The smallest absolute Gasteiger partial charge is 0.339 e. The predicted molar refractivity (Wildman–Crippen MR) is 96.1 cm³/mol. The van der Waals surface area contributed by atoms with Gasteiger partial charge in [-0.3, -0.25) is 5.32 Å². The summed E-state index contributed by atoms with van der Waals surface area (Å²) in [5, 5.41) is 16.5. The normalized spacial score (nSPS) is 14.8. The Morgan fingerprint density at radius 3 is 2.46 bits per heavy atom. The Morgan fingerprint density at radius 2 is 1.81 bits per heavy atom. The minimum atomic E-state index is -1.09. The maximum atomic E-state index is 13.2. The molecule has 3 rings (SSSR count). The minimum Gasteiger partial charge on any atom is -0.478 e. The summed E-state index contributed by atoms with van der Waals surface area (Å²) in [6.45, 7) is 0. The quantitative estimate of drug-likeness (QED) is 0.663. The lowest BCUT2D eigenvalue weighted by molar-refractivity contribution is 0.0696. The maximum Gasteiger partial charge on any atom is 0.339 e. The van der Waals surface area contributed by atoms with E-state index in [2.05, 4.69) is 10.6 Å². The number of rotatable bonds is 4. The molecule has 0 saturated heterocycles.